The summed E-state index contributed by atoms with van der Waals surface area (Å²) in [6.45, 7) is 0. The van der Waals surface area contributed by atoms with Gasteiger partial charge in [0.1, 0.15) is 5.75 Å². The molecule has 0 saturated heterocycles. The Morgan fingerprint density at radius 3 is 2.59 bits per heavy atom. The number of para-hydroxylation sites is 1. The molecular weight excluding hydrogens is 398 g/mol. The summed E-state index contributed by atoms with van der Waals surface area (Å²) in [7, 11) is 0. The molecule has 2 nitrogen and oxygen atoms in total. The molecule has 0 unspecified atom stereocenters. The third-order valence-corrected chi connectivity index (χ3v) is 5.27. The number of nitrogens with zero attached hydrogens (tertiary/aromatic N) is 1. The molecule has 27 heavy (non-hydrogen) atoms. The van der Waals surface area contributed by atoms with Gasteiger partial charge in [-0.1, -0.05) is 76.6 Å². The highest BCUT2D eigenvalue weighted by Crippen LogP contribution is 2.43. The van der Waals surface area contributed by atoms with Crippen LogP contribution >= 0.6 is 15.9 Å². The van der Waals surface area contributed by atoms with Crippen molar-refractivity contribution in [1.29, 1.82) is 0 Å². The third kappa shape index (κ3) is 3.04. The molecule has 1 heterocycles. The number of ether oxygens (including phenoxy) is 1. The number of hydrogen-bond donors (Lipinski definition) is 0. The summed E-state index contributed by atoms with van der Waals surface area (Å²) < 4.78 is 7.32. The maximum Gasteiger partial charge on any atom is 0.199 e. The van der Waals surface area contributed by atoms with E-state index >= 15 is 0 Å². The smallest absolute Gasteiger partial charge is 0.199 e. The standard InChI is InChI=1S/C24H16BrNO/c25-18-8-5-6-16(14-18)15-23-26-21-13-12-17-7-1-2-9-19(17)24(21)20-10-3-4-11-22(20)27-23/h1-14H,15H2. The van der Waals surface area contributed by atoms with Crippen LogP contribution in [0.5, 0.6) is 5.75 Å². The lowest BCUT2D eigenvalue weighted by atomic mass is 9.96. The fraction of sp³-hybridized carbons (Fsp3) is 0.0417. The molecule has 1 aliphatic rings. The summed E-state index contributed by atoms with van der Waals surface area (Å²) in [4.78, 5) is 4.91. The zero-order valence-electron chi connectivity index (χ0n) is 14.5. The molecule has 4 aromatic rings. The molecular formula is C24H16BrNO. The zero-order valence-corrected chi connectivity index (χ0v) is 16.1. The van der Waals surface area contributed by atoms with Gasteiger partial charge in [0.2, 0.25) is 0 Å². The number of halogens is 1. The van der Waals surface area contributed by atoms with Crippen LogP contribution in [0.3, 0.4) is 0 Å². The van der Waals surface area contributed by atoms with Crippen molar-refractivity contribution in [3.05, 3.63) is 95.0 Å². The van der Waals surface area contributed by atoms with E-state index in [4.69, 9.17) is 9.73 Å². The molecule has 0 radical (unpaired) electrons. The van der Waals surface area contributed by atoms with Gasteiger partial charge in [-0.2, -0.15) is 0 Å². The Morgan fingerprint density at radius 1 is 0.815 bits per heavy atom. The van der Waals surface area contributed by atoms with E-state index in [9.17, 15) is 0 Å². The van der Waals surface area contributed by atoms with E-state index < -0.39 is 0 Å². The van der Waals surface area contributed by atoms with Crippen LogP contribution in [0.25, 0.3) is 21.9 Å². The van der Waals surface area contributed by atoms with Gasteiger partial charge in [0.05, 0.1) is 5.69 Å². The van der Waals surface area contributed by atoms with Gasteiger partial charge in [0.15, 0.2) is 5.90 Å². The SMILES string of the molecule is Brc1cccc(CC2=Nc3ccc4ccccc4c3-c3ccccc3O2)c1. The van der Waals surface area contributed by atoms with E-state index in [0.717, 1.165) is 32.6 Å². The van der Waals surface area contributed by atoms with Gasteiger partial charge >= 0.3 is 0 Å². The first-order valence-electron chi connectivity index (χ1n) is 8.89. The highest BCUT2D eigenvalue weighted by atomic mass is 79.9. The molecule has 0 fully saturated rings. The normalized spacial score (nSPS) is 12.6. The molecule has 0 spiro atoms. The first kappa shape index (κ1) is 16.3. The second-order valence-corrected chi connectivity index (χ2v) is 7.51. The first-order valence-corrected chi connectivity index (χ1v) is 9.68. The predicted molar refractivity (Wildman–Crippen MR) is 115 cm³/mol. The molecule has 3 heteroatoms. The fourth-order valence-corrected chi connectivity index (χ4v) is 4.03. The highest BCUT2D eigenvalue weighted by molar-refractivity contribution is 9.10. The molecule has 0 aliphatic carbocycles. The minimum Gasteiger partial charge on any atom is -0.442 e. The summed E-state index contributed by atoms with van der Waals surface area (Å²) in [6.07, 6.45) is 0.639. The molecule has 0 bridgehead atoms. The van der Waals surface area contributed by atoms with Crippen LogP contribution < -0.4 is 4.74 Å². The molecule has 0 aromatic heterocycles. The molecule has 0 N–H and O–H groups in total. The Balaban J connectivity index is 1.71. The van der Waals surface area contributed by atoms with Crippen LogP contribution in [0, 0.1) is 0 Å². The van der Waals surface area contributed by atoms with E-state index in [0.29, 0.717) is 12.3 Å². The average Bonchev–Trinajstić information content (AvgIpc) is 2.84. The van der Waals surface area contributed by atoms with Crippen molar-refractivity contribution in [3.63, 3.8) is 0 Å². The molecule has 5 rings (SSSR count). The summed E-state index contributed by atoms with van der Waals surface area (Å²) in [5.74, 6) is 1.55. The highest BCUT2D eigenvalue weighted by Gasteiger charge is 2.20. The Hall–Kier alpha value is -2.91. The quantitative estimate of drug-likeness (QED) is 0.348. The largest absolute Gasteiger partial charge is 0.442 e. The van der Waals surface area contributed by atoms with Crippen molar-refractivity contribution in [2.24, 2.45) is 4.99 Å². The van der Waals surface area contributed by atoms with E-state index in [1.165, 1.54) is 10.8 Å². The minimum atomic E-state index is 0.639. The molecule has 0 saturated carbocycles. The summed E-state index contributed by atoms with van der Waals surface area (Å²) in [5, 5.41) is 2.40. The van der Waals surface area contributed by atoms with Gasteiger partial charge in [-0.05, 0) is 40.6 Å². The minimum absolute atomic E-state index is 0.639. The van der Waals surface area contributed by atoms with Crippen molar-refractivity contribution in [3.8, 4) is 16.9 Å². The molecule has 130 valence electrons. The van der Waals surface area contributed by atoms with E-state index in [1.54, 1.807) is 0 Å². The summed E-state index contributed by atoms with van der Waals surface area (Å²) in [6, 6.07) is 29.1. The van der Waals surface area contributed by atoms with Crippen LogP contribution in [0.1, 0.15) is 5.56 Å². The maximum atomic E-state index is 6.27. The van der Waals surface area contributed by atoms with Crippen molar-refractivity contribution in [1.82, 2.24) is 0 Å². The Morgan fingerprint density at radius 2 is 1.67 bits per heavy atom. The van der Waals surface area contributed by atoms with Crippen LogP contribution in [0.2, 0.25) is 0 Å². The molecule has 1 aliphatic heterocycles. The van der Waals surface area contributed by atoms with Crippen LogP contribution in [-0.4, -0.2) is 5.90 Å². The van der Waals surface area contributed by atoms with Crippen molar-refractivity contribution in [2.45, 2.75) is 6.42 Å². The first-order chi connectivity index (χ1) is 13.3. The number of rotatable bonds is 2. The van der Waals surface area contributed by atoms with E-state index in [1.807, 2.05) is 30.3 Å². The van der Waals surface area contributed by atoms with E-state index in [-0.39, 0.29) is 0 Å². The Labute approximate surface area is 166 Å². The van der Waals surface area contributed by atoms with Crippen molar-refractivity contribution < 1.29 is 4.74 Å². The van der Waals surface area contributed by atoms with Gasteiger partial charge < -0.3 is 4.74 Å². The van der Waals surface area contributed by atoms with Crippen molar-refractivity contribution in [2.75, 3.05) is 0 Å². The number of aliphatic imine (C=N–C) groups is 1. The number of benzene rings is 4. The van der Waals surface area contributed by atoms with Gasteiger partial charge in [-0.15, -0.1) is 0 Å². The topological polar surface area (TPSA) is 21.6 Å². The predicted octanol–water partition coefficient (Wildman–Crippen LogP) is 6.93. The van der Waals surface area contributed by atoms with Crippen LogP contribution in [0.15, 0.2) is 94.4 Å². The Bertz CT molecular complexity index is 1200. The lowest BCUT2D eigenvalue weighted by molar-refractivity contribution is 0.542. The van der Waals surface area contributed by atoms with Gasteiger partial charge in [-0.25, -0.2) is 4.99 Å². The van der Waals surface area contributed by atoms with Gasteiger partial charge in [-0.3, -0.25) is 0 Å². The lowest BCUT2D eigenvalue weighted by Gasteiger charge is -2.11. The average molecular weight is 414 g/mol. The second-order valence-electron chi connectivity index (χ2n) is 6.59. The number of fused-ring (bicyclic) bond motifs is 5. The molecule has 0 amide bonds. The van der Waals surface area contributed by atoms with Crippen LogP contribution in [0.4, 0.5) is 5.69 Å². The van der Waals surface area contributed by atoms with Crippen molar-refractivity contribution >= 4 is 38.3 Å². The lowest BCUT2D eigenvalue weighted by Crippen LogP contribution is -2.11. The summed E-state index contributed by atoms with van der Waals surface area (Å²) in [5.41, 5.74) is 4.32. The third-order valence-electron chi connectivity index (χ3n) is 4.78. The Kier molecular flexibility index (Phi) is 4.02. The monoisotopic (exact) mass is 413 g/mol. The number of hydrogen-bond acceptors (Lipinski definition) is 2. The fourth-order valence-electron chi connectivity index (χ4n) is 3.58. The second kappa shape index (κ2) is 6.67. The zero-order chi connectivity index (χ0) is 18.2. The molecule has 4 aromatic carbocycles. The summed E-state index contributed by atoms with van der Waals surface area (Å²) >= 11 is 3.54. The van der Waals surface area contributed by atoms with E-state index in [2.05, 4.69) is 70.5 Å². The van der Waals surface area contributed by atoms with Gasteiger partial charge in [0, 0.05) is 22.0 Å². The molecule has 0 atom stereocenters. The maximum absolute atomic E-state index is 6.27. The van der Waals surface area contributed by atoms with Crippen LogP contribution in [-0.2, 0) is 6.42 Å². The van der Waals surface area contributed by atoms with Gasteiger partial charge in [0.25, 0.3) is 0 Å².